The van der Waals surface area contributed by atoms with Gasteiger partial charge in [0.1, 0.15) is 5.82 Å². The van der Waals surface area contributed by atoms with E-state index < -0.39 is 0 Å². The molecule has 1 fully saturated rings. The second kappa shape index (κ2) is 9.15. The van der Waals surface area contributed by atoms with Gasteiger partial charge in [-0.15, -0.1) is 0 Å². The molecule has 28 heavy (non-hydrogen) atoms. The normalized spacial score (nSPS) is 17.1. The summed E-state index contributed by atoms with van der Waals surface area (Å²) in [5.41, 5.74) is 1.20. The Morgan fingerprint density at radius 2 is 1.82 bits per heavy atom. The van der Waals surface area contributed by atoms with Gasteiger partial charge in [0, 0.05) is 61.8 Å². The Morgan fingerprint density at radius 3 is 2.61 bits per heavy atom. The van der Waals surface area contributed by atoms with Gasteiger partial charge in [0.2, 0.25) is 0 Å². The van der Waals surface area contributed by atoms with Crippen molar-refractivity contribution in [2.75, 3.05) is 50.7 Å². The van der Waals surface area contributed by atoms with Crippen LogP contribution in [0.25, 0.3) is 0 Å². The lowest BCUT2D eigenvalue weighted by atomic mass is 10.2. The van der Waals surface area contributed by atoms with Crippen molar-refractivity contribution in [3.8, 4) is 6.07 Å². The molecule has 2 aromatic rings. The molecule has 3 heterocycles. The van der Waals surface area contributed by atoms with Crippen molar-refractivity contribution < 1.29 is 0 Å². The van der Waals surface area contributed by atoms with Gasteiger partial charge in [-0.05, 0) is 43.3 Å². The predicted molar refractivity (Wildman–Crippen MR) is 115 cm³/mol. The molecular weight excluding hydrogens is 390 g/mol. The molecule has 0 amide bonds. The van der Waals surface area contributed by atoms with Crippen molar-refractivity contribution >= 4 is 34.9 Å². The van der Waals surface area contributed by atoms with Crippen LogP contribution in [0, 0.1) is 11.3 Å². The molecule has 7 heteroatoms. The summed E-state index contributed by atoms with van der Waals surface area (Å²) < 4.78 is 0. The highest BCUT2D eigenvalue weighted by atomic mass is 35.5. The van der Waals surface area contributed by atoms with E-state index in [1.165, 1.54) is 15.5 Å². The van der Waals surface area contributed by atoms with Crippen molar-refractivity contribution in [2.24, 2.45) is 0 Å². The third-order valence-electron chi connectivity index (χ3n) is 5.30. The lowest BCUT2D eigenvalue weighted by molar-refractivity contribution is 0.134. The number of aromatic nitrogens is 1. The van der Waals surface area contributed by atoms with Crippen LogP contribution in [0.3, 0.4) is 0 Å². The Kier molecular flexibility index (Phi) is 6.38. The standard InChI is InChI=1S/C21H24ClN5S/c22-17-5-6-18-20(16-17)28-19-4-1-8-24-21(19)27(18)11-3-10-26-14-12-25(13-15-26)9-2-7-23/h1,4-6,8,16H,2-3,9-15H2. The molecule has 0 saturated carbocycles. The van der Waals surface area contributed by atoms with Crippen LogP contribution < -0.4 is 4.90 Å². The van der Waals surface area contributed by atoms with Gasteiger partial charge in [-0.25, -0.2) is 4.98 Å². The Hall–Kier alpha value is -1.78. The average molecular weight is 414 g/mol. The smallest absolute Gasteiger partial charge is 0.147 e. The zero-order valence-electron chi connectivity index (χ0n) is 15.9. The number of hydrogen-bond donors (Lipinski definition) is 0. The van der Waals surface area contributed by atoms with E-state index in [0.29, 0.717) is 6.42 Å². The summed E-state index contributed by atoms with van der Waals surface area (Å²) in [5.74, 6) is 1.05. The molecule has 146 valence electrons. The van der Waals surface area contributed by atoms with Crippen LogP contribution in [0.5, 0.6) is 0 Å². The number of halogens is 1. The summed E-state index contributed by atoms with van der Waals surface area (Å²) in [5, 5.41) is 9.51. The van der Waals surface area contributed by atoms with E-state index in [2.05, 4.69) is 37.9 Å². The Labute approximate surface area is 175 Å². The number of rotatable bonds is 6. The molecule has 2 aliphatic rings. The number of hydrogen-bond acceptors (Lipinski definition) is 6. The zero-order valence-corrected chi connectivity index (χ0v) is 17.4. The number of benzene rings is 1. The Bertz CT molecular complexity index is 860. The van der Waals surface area contributed by atoms with Crippen LogP contribution in [0.1, 0.15) is 12.8 Å². The summed E-state index contributed by atoms with van der Waals surface area (Å²) in [4.78, 5) is 14.3. The molecule has 0 aliphatic carbocycles. The highest BCUT2D eigenvalue weighted by molar-refractivity contribution is 7.99. The van der Waals surface area contributed by atoms with E-state index in [0.717, 1.165) is 63.1 Å². The predicted octanol–water partition coefficient (Wildman–Crippen LogP) is 4.26. The van der Waals surface area contributed by atoms with Crippen molar-refractivity contribution in [3.05, 3.63) is 41.6 Å². The van der Waals surface area contributed by atoms with Gasteiger partial charge in [-0.1, -0.05) is 23.4 Å². The summed E-state index contributed by atoms with van der Waals surface area (Å²) in [6.07, 6.45) is 3.58. The van der Waals surface area contributed by atoms with E-state index >= 15 is 0 Å². The molecule has 0 atom stereocenters. The first-order valence-corrected chi connectivity index (χ1v) is 11.0. The minimum absolute atomic E-state index is 0.628. The van der Waals surface area contributed by atoms with E-state index in [9.17, 15) is 0 Å². The van der Waals surface area contributed by atoms with Gasteiger partial charge in [0.25, 0.3) is 0 Å². The maximum Gasteiger partial charge on any atom is 0.147 e. The molecule has 0 bridgehead atoms. The maximum atomic E-state index is 8.74. The number of fused-ring (bicyclic) bond motifs is 2. The topological polar surface area (TPSA) is 46.4 Å². The monoisotopic (exact) mass is 413 g/mol. The first-order chi connectivity index (χ1) is 13.7. The molecule has 1 saturated heterocycles. The van der Waals surface area contributed by atoms with Gasteiger partial charge in [-0.2, -0.15) is 5.26 Å². The molecular formula is C21H24ClN5S. The Morgan fingerprint density at radius 1 is 1.04 bits per heavy atom. The van der Waals surface area contributed by atoms with Crippen LogP contribution in [-0.4, -0.2) is 60.6 Å². The summed E-state index contributed by atoms with van der Waals surface area (Å²) in [7, 11) is 0. The quantitative estimate of drug-likeness (QED) is 0.705. The SMILES string of the molecule is N#CCCN1CCN(CCCN2c3ccc(Cl)cc3Sc3cccnc32)CC1. The molecule has 1 aromatic heterocycles. The first-order valence-electron chi connectivity index (χ1n) is 9.76. The first kappa shape index (κ1) is 19.5. The molecule has 4 rings (SSSR count). The number of nitriles is 1. The zero-order chi connectivity index (χ0) is 19.3. The summed E-state index contributed by atoms with van der Waals surface area (Å²) in [6.45, 7) is 7.22. The third kappa shape index (κ3) is 4.44. The van der Waals surface area contributed by atoms with Crippen LogP contribution in [-0.2, 0) is 0 Å². The molecule has 0 radical (unpaired) electrons. The van der Waals surface area contributed by atoms with Crippen LogP contribution in [0.15, 0.2) is 46.3 Å². The number of piperazine rings is 1. The van der Waals surface area contributed by atoms with Crippen molar-refractivity contribution in [1.82, 2.24) is 14.8 Å². The molecule has 0 spiro atoms. The highest BCUT2D eigenvalue weighted by Crippen LogP contribution is 2.47. The second-order valence-corrected chi connectivity index (χ2v) is 8.66. The van der Waals surface area contributed by atoms with E-state index in [1.807, 2.05) is 24.4 Å². The average Bonchev–Trinajstić information content (AvgIpc) is 2.72. The summed E-state index contributed by atoms with van der Waals surface area (Å²) >= 11 is 7.97. The van der Waals surface area contributed by atoms with Gasteiger partial charge in [0.05, 0.1) is 16.7 Å². The number of pyridine rings is 1. The van der Waals surface area contributed by atoms with Gasteiger partial charge < -0.3 is 9.80 Å². The maximum absolute atomic E-state index is 8.74. The molecule has 5 nitrogen and oxygen atoms in total. The van der Waals surface area contributed by atoms with Crippen molar-refractivity contribution in [2.45, 2.75) is 22.6 Å². The van der Waals surface area contributed by atoms with E-state index in [4.69, 9.17) is 16.9 Å². The fourth-order valence-electron chi connectivity index (χ4n) is 3.81. The Balaban J connectivity index is 1.37. The van der Waals surface area contributed by atoms with Crippen molar-refractivity contribution in [3.63, 3.8) is 0 Å². The largest absolute Gasteiger partial charge is 0.324 e. The minimum atomic E-state index is 0.628. The van der Waals surface area contributed by atoms with E-state index in [1.54, 1.807) is 11.8 Å². The second-order valence-electron chi connectivity index (χ2n) is 7.14. The fourth-order valence-corrected chi connectivity index (χ4v) is 5.16. The molecule has 0 unspecified atom stereocenters. The molecule has 1 aromatic carbocycles. The fraction of sp³-hybridized carbons (Fsp3) is 0.429. The molecule has 0 N–H and O–H groups in total. The van der Waals surface area contributed by atoms with E-state index in [-0.39, 0.29) is 0 Å². The lowest BCUT2D eigenvalue weighted by Gasteiger charge is -2.35. The van der Waals surface area contributed by atoms with Gasteiger partial charge in [-0.3, -0.25) is 4.90 Å². The number of anilines is 2. The van der Waals surface area contributed by atoms with Gasteiger partial charge >= 0.3 is 0 Å². The minimum Gasteiger partial charge on any atom is -0.324 e. The molecule has 2 aliphatic heterocycles. The highest BCUT2D eigenvalue weighted by Gasteiger charge is 2.25. The van der Waals surface area contributed by atoms with Crippen LogP contribution >= 0.6 is 23.4 Å². The van der Waals surface area contributed by atoms with Gasteiger partial charge in [0.15, 0.2) is 0 Å². The lowest BCUT2D eigenvalue weighted by Crippen LogP contribution is -2.47. The van der Waals surface area contributed by atoms with Crippen molar-refractivity contribution in [1.29, 1.82) is 5.26 Å². The van der Waals surface area contributed by atoms with Crippen LogP contribution in [0.4, 0.5) is 11.5 Å². The van der Waals surface area contributed by atoms with Crippen LogP contribution in [0.2, 0.25) is 5.02 Å². The third-order valence-corrected chi connectivity index (χ3v) is 6.62. The number of nitrogens with zero attached hydrogens (tertiary/aromatic N) is 5. The summed E-state index contributed by atoms with van der Waals surface area (Å²) in [6, 6.07) is 12.5.